The number of hydrogen-bond donors (Lipinski definition) is 2. The molecule has 2 rings (SSSR count). The highest BCUT2D eigenvalue weighted by molar-refractivity contribution is 5.27. The van der Waals surface area contributed by atoms with Gasteiger partial charge >= 0.3 is 0 Å². The van der Waals surface area contributed by atoms with Gasteiger partial charge in [0.25, 0.3) is 0 Å². The minimum atomic E-state index is 0.865. The number of aromatic amines is 1. The van der Waals surface area contributed by atoms with E-state index in [0.717, 1.165) is 36.6 Å². The number of aryl methyl sites for hydroxylation is 2. The zero-order valence-corrected chi connectivity index (χ0v) is 11.8. The van der Waals surface area contributed by atoms with Gasteiger partial charge < -0.3 is 10.1 Å². The maximum Gasteiger partial charge on any atom is 0.118 e. The summed E-state index contributed by atoms with van der Waals surface area (Å²) in [4.78, 5) is 0. The molecular weight excluding hydrogens is 238 g/mol. The van der Waals surface area contributed by atoms with Crippen molar-refractivity contribution in [3.8, 4) is 5.75 Å². The van der Waals surface area contributed by atoms with E-state index in [1.54, 1.807) is 7.11 Å². The van der Waals surface area contributed by atoms with Crippen LogP contribution in [-0.4, -0.2) is 23.9 Å². The van der Waals surface area contributed by atoms with Crippen LogP contribution in [0.15, 0.2) is 24.3 Å². The zero-order chi connectivity index (χ0) is 13.7. The van der Waals surface area contributed by atoms with E-state index < -0.39 is 0 Å². The molecule has 0 spiro atoms. The number of methoxy groups -OCH3 is 1. The molecule has 0 aliphatic rings. The lowest BCUT2D eigenvalue weighted by molar-refractivity contribution is 0.414. The Morgan fingerprint density at radius 3 is 2.53 bits per heavy atom. The summed E-state index contributed by atoms with van der Waals surface area (Å²) in [6.07, 6.45) is 1.01. The first-order valence-electron chi connectivity index (χ1n) is 6.55. The summed E-state index contributed by atoms with van der Waals surface area (Å²) >= 11 is 0. The molecule has 0 aliphatic carbocycles. The molecule has 2 aromatic rings. The molecule has 0 saturated heterocycles. The molecule has 0 fully saturated rings. The number of rotatable bonds is 6. The van der Waals surface area contributed by atoms with Gasteiger partial charge in [-0.25, -0.2) is 0 Å². The molecule has 1 aromatic carbocycles. The van der Waals surface area contributed by atoms with Crippen molar-refractivity contribution in [1.82, 2.24) is 15.5 Å². The predicted octanol–water partition coefficient (Wildman–Crippen LogP) is 2.37. The number of nitrogens with zero attached hydrogens (tertiary/aromatic N) is 1. The van der Waals surface area contributed by atoms with E-state index in [9.17, 15) is 0 Å². The van der Waals surface area contributed by atoms with Crippen LogP contribution in [-0.2, 0) is 13.0 Å². The predicted molar refractivity (Wildman–Crippen MR) is 76.5 cm³/mol. The number of H-pyrrole nitrogens is 1. The Bertz CT molecular complexity index is 497. The van der Waals surface area contributed by atoms with E-state index >= 15 is 0 Å². The van der Waals surface area contributed by atoms with Crippen molar-refractivity contribution >= 4 is 0 Å². The summed E-state index contributed by atoms with van der Waals surface area (Å²) in [7, 11) is 1.69. The van der Waals surface area contributed by atoms with E-state index in [1.165, 1.54) is 11.1 Å². The third-order valence-corrected chi connectivity index (χ3v) is 3.33. The molecular formula is C15H21N3O. The molecule has 0 saturated carbocycles. The molecule has 0 amide bonds. The maximum atomic E-state index is 5.14. The van der Waals surface area contributed by atoms with Gasteiger partial charge in [0.1, 0.15) is 5.75 Å². The normalized spacial score (nSPS) is 10.7. The van der Waals surface area contributed by atoms with Gasteiger partial charge in [-0.15, -0.1) is 0 Å². The number of benzene rings is 1. The Labute approximate surface area is 114 Å². The summed E-state index contributed by atoms with van der Waals surface area (Å²) in [5.74, 6) is 0.904. The van der Waals surface area contributed by atoms with E-state index in [1.807, 2.05) is 19.1 Å². The molecule has 102 valence electrons. The zero-order valence-electron chi connectivity index (χ0n) is 11.8. The van der Waals surface area contributed by atoms with Crippen molar-refractivity contribution in [2.45, 2.75) is 26.8 Å². The second-order valence-electron chi connectivity index (χ2n) is 4.69. The van der Waals surface area contributed by atoms with Gasteiger partial charge in [0, 0.05) is 17.8 Å². The molecule has 4 nitrogen and oxygen atoms in total. The summed E-state index contributed by atoms with van der Waals surface area (Å²) in [6.45, 7) is 5.91. The van der Waals surface area contributed by atoms with Gasteiger partial charge in [0.15, 0.2) is 0 Å². The average molecular weight is 259 g/mol. The lowest BCUT2D eigenvalue weighted by Crippen LogP contribution is -2.17. The Morgan fingerprint density at radius 2 is 1.95 bits per heavy atom. The van der Waals surface area contributed by atoms with Crippen LogP contribution in [0.3, 0.4) is 0 Å². The Hall–Kier alpha value is -1.81. The smallest absolute Gasteiger partial charge is 0.118 e. The van der Waals surface area contributed by atoms with Crippen molar-refractivity contribution in [3.05, 3.63) is 46.8 Å². The van der Waals surface area contributed by atoms with Crippen LogP contribution >= 0.6 is 0 Å². The number of hydrogen-bond acceptors (Lipinski definition) is 3. The lowest BCUT2D eigenvalue weighted by atomic mass is 10.1. The lowest BCUT2D eigenvalue weighted by Gasteiger charge is -2.06. The molecule has 1 aromatic heterocycles. The maximum absolute atomic E-state index is 5.14. The molecule has 0 bridgehead atoms. The highest BCUT2D eigenvalue weighted by Gasteiger charge is 2.04. The molecule has 0 unspecified atom stereocenters. The minimum absolute atomic E-state index is 0.865. The summed E-state index contributed by atoms with van der Waals surface area (Å²) in [6, 6.07) is 8.21. The third-order valence-electron chi connectivity index (χ3n) is 3.33. The van der Waals surface area contributed by atoms with Gasteiger partial charge in [-0.1, -0.05) is 12.1 Å². The van der Waals surface area contributed by atoms with Crippen LogP contribution in [0.4, 0.5) is 0 Å². The first-order chi connectivity index (χ1) is 9.20. The Balaban J connectivity index is 1.77. The van der Waals surface area contributed by atoms with Gasteiger partial charge in [0.05, 0.1) is 12.8 Å². The largest absolute Gasteiger partial charge is 0.497 e. The van der Waals surface area contributed by atoms with Gasteiger partial charge in [-0.3, -0.25) is 5.10 Å². The van der Waals surface area contributed by atoms with E-state index in [4.69, 9.17) is 4.74 Å². The van der Waals surface area contributed by atoms with Crippen LogP contribution in [0.5, 0.6) is 5.75 Å². The highest BCUT2D eigenvalue weighted by Crippen LogP contribution is 2.12. The SMILES string of the molecule is COc1ccc(CCNCc2c(C)n[nH]c2C)cc1. The van der Waals surface area contributed by atoms with Crippen molar-refractivity contribution < 1.29 is 4.74 Å². The molecule has 1 heterocycles. The minimum Gasteiger partial charge on any atom is -0.497 e. The Morgan fingerprint density at radius 1 is 1.21 bits per heavy atom. The first-order valence-corrected chi connectivity index (χ1v) is 6.55. The van der Waals surface area contributed by atoms with Crippen LogP contribution in [0.1, 0.15) is 22.5 Å². The fourth-order valence-corrected chi connectivity index (χ4v) is 2.07. The fourth-order valence-electron chi connectivity index (χ4n) is 2.07. The van der Waals surface area contributed by atoms with E-state index in [-0.39, 0.29) is 0 Å². The van der Waals surface area contributed by atoms with Crippen LogP contribution < -0.4 is 10.1 Å². The van der Waals surface area contributed by atoms with Crippen molar-refractivity contribution in [2.75, 3.05) is 13.7 Å². The summed E-state index contributed by atoms with van der Waals surface area (Å²) < 4.78 is 5.14. The second kappa shape index (κ2) is 6.38. The summed E-state index contributed by atoms with van der Waals surface area (Å²) in [5, 5.41) is 10.7. The number of nitrogens with one attached hydrogen (secondary N) is 2. The molecule has 19 heavy (non-hydrogen) atoms. The van der Waals surface area contributed by atoms with E-state index in [0.29, 0.717) is 0 Å². The van der Waals surface area contributed by atoms with Crippen molar-refractivity contribution in [2.24, 2.45) is 0 Å². The average Bonchev–Trinajstić information content (AvgIpc) is 2.75. The quantitative estimate of drug-likeness (QED) is 0.783. The molecule has 4 heteroatoms. The topological polar surface area (TPSA) is 49.9 Å². The molecule has 2 N–H and O–H groups in total. The van der Waals surface area contributed by atoms with Gasteiger partial charge in [-0.05, 0) is 44.5 Å². The third kappa shape index (κ3) is 3.58. The van der Waals surface area contributed by atoms with Crippen molar-refractivity contribution in [1.29, 1.82) is 0 Å². The van der Waals surface area contributed by atoms with E-state index in [2.05, 4.69) is 34.6 Å². The number of ether oxygens (including phenoxy) is 1. The van der Waals surface area contributed by atoms with Crippen molar-refractivity contribution in [3.63, 3.8) is 0 Å². The molecule has 0 aliphatic heterocycles. The standard InChI is InChI=1S/C15H21N3O/c1-11-15(12(2)18-17-11)10-16-9-8-13-4-6-14(19-3)7-5-13/h4-7,16H,8-10H2,1-3H3,(H,17,18). The van der Waals surface area contributed by atoms with Gasteiger partial charge in [-0.2, -0.15) is 5.10 Å². The highest BCUT2D eigenvalue weighted by atomic mass is 16.5. The second-order valence-corrected chi connectivity index (χ2v) is 4.69. The molecule has 0 atom stereocenters. The van der Waals surface area contributed by atoms with Gasteiger partial charge in [0.2, 0.25) is 0 Å². The van der Waals surface area contributed by atoms with Crippen LogP contribution in [0, 0.1) is 13.8 Å². The fraction of sp³-hybridized carbons (Fsp3) is 0.400. The van der Waals surface area contributed by atoms with Crippen LogP contribution in [0.25, 0.3) is 0 Å². The first kappa shape index (κ1) is 13.6. The molecule has 0 radical (unpaired) electrons. The summed E-state index contributed by atoms with van der Waals surface area (Å²) in [5.41, 5.74) is 4.81. The Kier molecular flexibility index (Phi) is 4.58. The monoisotopic (exact) mass is 259 g/mol. The number of aromatic nitrogens is 2. The van der Waals surface area contributed by atoms with Crippen LogP contribution in [0.2, 0.25) is 0 Å².